The van der Waals surface area contributed by atoms with Crippen molar-refractivity contribution in [3.05, 3.63) is 63.0 Å². The normalized spacial score (nSPS) is 12.1. The number of carbonyl (C=O) groups is 2. The molecule has 3 aromatic rings. The van der Waals surface area contributed by atoms with Crippen molar-refractivity contribution in [2.24, 2.45) is 0 Å². The number of aliphatic carboxylic acids is 1. The van der Waals surface area contributed by atoms with Crippen molar-refractivity contribution in [3.8, 4) is 0 Å². The van der Waals surface area contributed by atoms with Crippen molar-refractivity contribution >= 4 is 33.5 Å². The van der Waals surface area contributed by atoms with E-state index in [1.807, 2.05) is 0 Å². The molecular formula is C18H16N2O5S. The summed E-state index contributed by atoms with van der Waals surface area (Å²) in [6.45, 7) is 3.55. The van der Waals surface area contributed by atoms with Gasteiger partial charge in [-0.1, -0.05) is 30.3 Å². The lowest BCUT2D eigenvalue weighted by Crippen LogP contribution is -2.30. The quantitative estimate of drug-likeness (QED) is 0.691. The second-order valence-electron chi connectivity index (χ2n) is 5.57. The molecule has 7 nitrogen and oxygen atoms in total. The average Bonchev–Trinajstić information content (AvgIpc) is 2.96. The van der Waals surface area contributed by atoms with E-state index in [4.69, 9.17) is 4.74 Å². The average molecular weight is 372 g/mol. The van der Waals surface area contributed by atoms with E-state index in [9.17, 15) is 19.5 Å². The summed E-state index contributed by atoms with van der Waals surface area (Å²) in [4.78, 5) is 41.7. The van der Waals surface area contributed by atoms with Gasteiger partial charge in [0.2, 0.25) is 0 Å². The maximum absolute atomic E-state index is 13.0. The second-order valence-corrected chi connectivity index (χ2v) is 6.56. The molecule has 0 radical (unpaired) electrons. The molecule has 134 valence electrons. The Morgan fingerprint density at radius 1 is 1.31 bits per heavy atom. The number of carboxylic acid groups (broad SMARTS) is 1. The van der Waals surface area contributed by atoms with Gasteiger partial charge in [-0.05, 0) is 25.0 Å². The number of carbonyl (C=O) groups excluding carboxylic acids is 1. The summed E-state index contributed by atoms with van der Waals surface area (Å²) in [7, 11) is 0. The van der Waals surface area contributed by atoms with Crippen molar-refractivity contribution < 1.29 is 19.4 Å². The highest BCUT2D eigenvalue weighted by Gasteiger charge is 2.26. The van der Waals surface area contributed by atoms with Crippen molar-refractivity contribution in [1.82, 2.24) is 9.55 Å². The molecule has 1 aromatic carbocycles. The Balaban J connectivity index is 2.20. The lowest BCUT2D eigenvalue weighted by Gasteiger charge is -2.15. The molecule has 26 heavy (non-hydrogen) atoms. The zero-order chi connectivity index (χ0) is 18.8. The Morgan fingerprint density at radius 2 is 2.00 bits per heavy atom. The predicted molar refractivity (Wildman–Crippen MR) is 96.8 cm³/mol. The Morgan fingerprint density at radius 3 is 2.62 bits per heavy atom. The minimum atomic E-state index is -1.20. The molecule has 1 atom stereocenters. The molecular weight excluding hydrogens is 356 g/mol. The number of ether oxygens (including phenoxy) is 1. The van der Waals surface area contributed by atoms with Gasteiger partial charge in [0.15, 0.2) is 6.04 Å². The Hall–Kier alpha value is -3.00. The molecule has 0 aliphatic heterocycles. The summed E-state index contributed by atoms with van der Waals surface area (Å²) in [5, 5.41) is 9.89. The first-order valence-electron chi connectivity index (χ1n) is 7.90. The molecule has 0 fully saturated rings. The topological polar surface area (TPSA) is 98.5 Å². The van der Waals surface area contributed by atoms with E-state index in [-0.39, 0.29) is 12.0 Å². The third-order valence-corrected chi connectivity index (χ3v) is 5.14. The van der Waals surface area contributed by atoms with Gasteiger partial charge in [0.1, 0.15) is 16.0 Å². The van der Waals surface area contributed by atoms with Gasteiger partial charge in [0.25, 0.3) is 5.56 Å². The van der Waals surface area contributed by atoms with Gasteiger partial charge >= 0.3 is 11.9 Å². The van der Waals surface area contributed by atoms with E-state index in [0.29, 0.717) is 20.8 Å². The van der Waals surface area contributed by atoms with Gasteiger partial charge in [-0.3, -0.25) is 9.36 Å². The fourth-order valence-electron chi connectivity index (χ4n) is 2.77. The first kappa shape index (κ1) is 17.8. The standard InChI is InChI=1S/C18H16N2O5S/c1-3-25-18(24)14-10(2)12-15(26-14)19-9-20(16(12)21)13(17(22)23)11-7-5-4-6-8-11/h4-9,13H,3H2,1-2H3,(H,22,23). The summed E-state index contributed by atoms with van der Waals surface area (Å²) in [6.07, 6.45) is 1.21. The summed E-state index contributed by atoms with van der Waals surface area (Å²) >= 11 is 1.06. The fraction of sp³-hybridized carbons (Fsp3) is 0.222. The number of carboxylic acids is 1. The van der Waals surface area contributed by atoms with Crippen LogP contribution in [-0.4, -0.2) is 33.2 Å². The number of thiophene rings is 1. The highest BCUT2D eigenvalue weighted by atomic mass is 32.1. The molecule has 2 aromatic heterocycles. The molecule has 0 aliphatic carbocycles. The van der Waals surface area contributed by atoms with Crippen LogP contribution in [-0.2, 0) is 9.53 Å². The fourth-order valence-corrected chi connectivity index (χ4v) is 3.80. The van der Waals surface area contributed by atoms with Crippen LogP contribution in [0.3, 0.4) is 0 Å². The van der Waals surface area contributed by atoms with Crippen molar-refractivity contribution in [1.29, 1.82) is 0 Å². The van der Waals surface area contributed by atoms with Crippen LogP contribution in [0.15, 0.2) is 41.5 Å². The number of aromatic nitrogens is 2. The monoisotopic (exact) mass is 372 g/mol. The lowest BCUT2D eigenvalue weighted by molar-refractivity contribution is -0.139. The highest BCUT2D eigenvalue weighted by molar-refractivity contribution is 7.20. The number of hydrogen-bond donors (Lipinski definition) is 1. The molecule has 0 saturated heterocycles. The SMILES string of the molecule is CCOC(=O)c1sc2ncn(C(C(=O)O)c3ccccc3)c(=O)c2c1C. The Labute approximate surface area is 152 Å². The van der Waals surface area contributed by atoms with Crippen LogP contribution < -0.4 is 5.56 Å². The number of benzene rings is 1. The van der Waals surface area contributed by atoms with Crippen molar-refractivity contribution in [2.45, 2.75) is 19.9 Å². The van der Waals surface area contributed by atoms with E-state index < -0.39 is 23.5 Å². The molecule has 3 rings (SSSR count). The van der Waals surface area contributed by atoms with Crippen LogP contribution in [0.25, 0.3) is 10.2 Å². The second kappa shape index (κ2) is 7.09. The predicted octanol–water partition coefficient (Wildman–Crippen LogP) is 2.62. The van der Waals surface area contributed by atoms with Crippen LogP contribution in [0, 0.1) is 6.92 Å². The Kier molecular flexibility index (Phi) is 4.85. The number of hydrogen-bond acceptors (Lipinski definition) is 6. The molecule has 1 N–H and O–H groups in total. The molecule has 0 bridgehead atoms. The number of nitrogens with zero attached hydrogens (tertiary/aromatic N) is 2. The zero-order valence-corrected chi connectivity index (χ0v) is 14.9. The first-order chi connectivity index (χ1) is 12.5. The van der Waals surface area contributed by atoms with Gasteiger partial charge in [-0.2, -0.15) is 0 Å². The molecule has 2 heterocycles. The van der Waals surface area contributed by atoms with Crippen molar-refractivity contribution in [2.75, 3.05) is 6.61 Å². The number of aryl methyl sites for hydroxylation is 1. The molecule has 0 spiro atoms. The maximum Gasteiger partial charge on any atom is 0.348 e. The van der Waals surface area contributed by atoms with Crippen LogP contribution in [0.5, 0.6) is 0 Å². The molecule has 0 aliphatic rings. The highest BCUT2D eigenvalue weighted by Crippen LogP contribution is 2.28. The van der Waals surface area contributed by atoms with E-state index in [2.05, 4.69) is 4.98 Å². The van der Waals surface area contributed by atoms with E-state index in [1.54, 1.807) is 44.2 Å². The zero-order valence-electron chi connectivity index (χ0n) is 14.1. The molecule has 8 heteroatoms. The van der Waals surface area contributed by atoms with Gasteiger partial charge in [0.05, 0.1) is 12.0 Å². The van der Waals surface area contributed by atoms with Gasteiger partial charge in [-0.15, -0.1) is 11.3 Å². The van der Waals surface area contributed by atoms with E-state index in [0.717, 1.165) is 15.9 Å². The Bertz CT molecular complexity index is 1040. The third-order valence-electron chi connectivity index (χ3n) is 3.96. The lowest BCUT2D eigenvalue weighted by atomic mass is 10.1. The molecule has 1 unspecified atom stereocenters. The minimum Gasteiger partial charge on any atom is -0.479 e. The molecule has 0 saturated carbocycles. The van der Waals surface area contributed by atoms with Gasteiger partial charge in [0, 0.05) is 0 Å². The van der Waals surface area contributed by atoms with E-state index in [1.165, 1.54) is 6.33 Å². The first-order valence-corrected chi connectivity index (χ1v) is 8.72. The number of rotatable bonds is 5. The summed E-state index contributed by atoms with van der Waals surface area (Å²) in [6, 6.07) is 7.25. The largest absolute Gasteiger partial charge is 0.479 e. The summed E-state index contributed by atoms with van der Waals surface area (Å²) in [5.41, 5.74) is 0.407. The van der Waals surface area contributed by atoms with Crippen LogP contribution >= 0.6 is 11.3 Å². The van der Waals surface area contributed by atoms with Gasteiger partial charge < -0.3 is 9.84 Å². The number of fused-ring (bicyclic) bond motifs is 1. The minimum absolute atomic E-state index is 0.222. The van der Waals surface area contributed by atoms with Crippen LogP contribution in [0.2, 0.25) is 0 Å². The maximum atomic E-state index is 13.0. The third kappa shape index (κ3) is 2.99. The van der Waals surface area contributed by atoms with Crippen LogP contribution in [0.1, 0.15) is 33.8 Å². The summed E-state index contributed by atoms with van der Waals surface area (Å²) < 4.78 is 6.08. The van der Waals surface area contributed by atoms with E-state index >= 15 is 0 Å². The number of esters is 1. The smallest absolute Gasteiger partial charge is 0.348 e. The van der Waals surface area contributed by atoms with Gasteiger partial charge in [-0.25, -0.2) is 14.6 Å². The summed E-state index contributed by atoms with van der Waals surface area (Å²) in [5.74, 6) is -1.69. The molecule has 0 amide bonds. The van der Waals surface area contributed by atoms with Crippen LogP contribution in [0.4, 0.5) is 0 Å². The van der Waals surface area contributed by atoms with Crippen molar-refractivity contribution in [3.63, 3.8) is 0 Å².